The van der Waals surface area contributed by atoms with E-state index in [1.807, 2.05) is 31.2 Å². The highest BCUT2D eigenvalue weighted by Crippen LogP contribution is 2.31. The first-order chi connectivity index (χ1) is 18.5. The fourth-order valence-electron chi connectivity index (χ4n) is 4.82. The van der Waals surface area contributed by atoms with E-state index in [9.17, 15) is 4.79 Å². The van der Waals surface area contributed by atoms with Crippen molar-refractivity contribution in [2.45, 2.75) is 32.7 Å². The molecule has 2 aromatic carbocycles. The highest BCUT2D eigenvalue weighted by Gasteiger charge is 2.21. The Bertz CT molecular complexity index is 1630. The molecule has 38 heavy (non-hydrogen) atoms. The van der Waals surface area contributed by atoms with Gasteiger partial charge in [-0.25, -0.2) is 15.0 Å². The molecule has 192 valence electrons. The standard InChI is InChI=1S/C27H27N9O2/c1-17-10-19(5-8-24(17)38-26-12-25-34-31-16-36(25)15-30-26)33-27-22-11-21(6-7-23(22)28-14-29-27)35-9-3-4-20(13-35)32-18(2)37/h5-8,10-12,14-16,20H,3-4,9,13H2,1-2H3,(H,32,37)(H,28,29,33)/t20-/m0/s1. The van der Waals surface area contributed by atoms with Crippen molar-refractivity contribution in [2.24, 2.45) is 0 Å². The second-order valence-corrected chi connectivity index (χ2v) is 9.44. The first kappa shape index (κ1) is 23.6. The van der Waals surface area contributed by atoms with Crippen molar-refractivity contribution >= 4 is 39.6 Å². The number of rotatable bonds is 6. The van der Waals surface area contributed by atoms with Gasteiger partial charge in [0.2, 0.25) is 11.8 Å². The van der Waals surface area contributed by atoms with Crippen LogP contribution in [-0.2, 0) is 4.79 Å². The van der Waals surface area contributed by atoms with Crippen LogP contribution in [0.15, 0.2) is 61.4 Å². The molecule has 1 aliphatic heterocycles. The first-order valence-corrected chi connectivity index (χ1v) is 12.5. The summed E-state index contributed by atoms with van der Waals surface area (Å²) in [7, 11) is 0. The number of ether oxygens (including phenoxy) is 1. The zero-order valence-corrected chi connectivity index (χ0v) is 21.1. The van der Waals surface area contributed by atoms with Crippen molar-refractivity contribution in [3.8, 4) is 11.6 Å². The molecule has 0 bridgehead atoms. The minimum absolute atomic E-state index is 0.00890. The lowest BCUT2D eigenvalue weighted by atomic mass is 10.0. The van der Waals surface area contributed by atoms with E-state index in [0.29, 0.717) is 17.3 Å². The third-order valence-corrected chi connectivity index (χ3v) is 6.63. The van der Waals surface area contributed by atoms with E-state index in [1.165, 1.54) is 0 Å². The van der Waals surface area contributed by atoms with Gasteiger partial charge in [0.1, 0.15) is 30.5 Å². The molecule has 0 aliphatic carbocycles. The average molecular weight is 510 g/mol. The molecule has 0 saturated carbocycles. The molecule has 2 N–H and O–H groups in total. The molecule has 1 saturated heterocycles. The average Bonchev–Trinajstić information content (AvgIpc) is 3.38. The Morgan fingerprint density at radius 3 is 2.87 bits per heavy atom. The number of nitrogens with one attached hydrogen (secondary N) is 2. The van der Waals surface area contributed by atoms with E-state index in [2.05, 4.69) is 52.8 Å². The second kappa shape index (κ2) is 9.92. The summed E-state index contributed by atoms with van der Waals surface area (Å²) >= 11 is 0. The molecule has 1 aliphatic rings. The molecule has 11 heteroatoms. The number of anilines is 3. The van der Waals surface area contributed by atoms with Crippen molar-refractivity contribution in [2.75, 3.05) is 23.3 Å². The number of carbonyl (C=O) groups is 1. The van der Waals surface area contributed by atoms with Gasteiger partial charge in [-0.1, -0.05) is 0 Å². The molecule has 0 unspecified atom stereocenters. The van der Waals surface area contributed by atoms with Gasteiger partial charge in [0.25, 0.3) is 0 Å². The number of hydrogen-bond donors (Lipinski definition) is 2. The number of fused-ring (bicyclic) bond motifs is 2. The van der Waals surface area contributed by atoms with Gasteiger partial charge in [-0.2, -0.15) is 0 Å². The molecule has 6 rings (SSSR count). The Morgan fingerprint density at radius 2 is 2.00 bits per heavy atom. The normalized spacial score (nSPS) is 15.5. The van der Waals surface area contributed by atoms with Crippen LogP contribution in [0.3, 0.4) is 0 Å². The summed E-state index contributed by atoms with van der Waals surface area (Å²) in [6.07, 6.45) is 6.79. The van der Waals surface area contributed by atoms with E-state index in [4.69, 9.17) is 4.74 Å². The molecular formula is C27H27N9O2. The predicted octanol–water partition coefficient (Wildman–Crippen LogP) is 4.02. The van der Waals surface area contributed by atoms with Crippen molar-refractivity contribution in [1.82, 2.24) is 34.9 Å². The van der Waals surface area contributed by atoms with Crippen LogP contribution in [0.5, 0.6) is 11.6 Å². The number of amides is 1. The van der Waals surface area contributed by atoms with Crippen LogP contribution in [0.2, 0.25) is 0 Å². The predicted molar refractivity (Wildman–Crippen MR) is 144 cm³/mol. The van der Waals surface area contributed by atoms with Gasteiger partial charge in [-0.05, 0) is 61.7 Å². The molecule has 1 atom stereocenters. The lowest BCUT2D eigenvalue weighted by molar-refractivity contribution is -0.119. The van der Waals surface area contributed by atoms with Crippen LogP contribution < -0.4 is 20.3 Å². The SMILES string of the molecule is CC(=O)N[C@H]1CCCN(c2ccc3ncnc(Nc4ccc(Oc5cc6nncn6cn5)c(C)c4)c3c2)C1. The van der Waals surface area contributed by atoms with Crippen molar-refractivity contribution < 1.29 is 9.53 Å². The number of hydrogen-bond acceptors (Lipinski definition) is 9. The number of aryl methyl sites for hydroxylation is 1. The monoisotopic (exact) mass is 509 g/mol. The zero-order valence-electron chi connectivity index (χ0n) is 21.1. The van der Waals surface area contributed by atoms with Crippen molar-refractivity contribution in [1.29, 1.82) is 0 Å². The minimum atomic E-state index is 0.00890. The molecular weight excluding hydrogens is 482 g/mol. The van der Waals surface area contributed by atoms with Crippen LogP contribution >= 0.6 is 0 Å². The van der Waals surface area contributed by atoms with Gasteiger partial charge >= 0.3 is 0 Å². The fourth-order valence-corrected chi connectivity index (χ4v) is 4.82. The first-order valence-electron chi connectivity index (χ1n) is 12.5. The lowest BCUT2D eigenvalue weighted by Crippen LogP contribution is -2.47. The smallest absolute Gasteiger partial charge is 0.224 e. The number of aromatic nitrogens is 6. The number of benzene rings is 2. The summed E-state index contributed by atoms with van der Waals surface area (Å²) in [5, 5.41) is 15.3. The van der Waals surface area contributed by atoms with Crippen LogP contribution in [0, 0.1) is 6.92 Å². The Kier molecular flexibility index (Phi) is 6.16. The topological polar surface area (TPSA) is 122 Å². The van der Waals surface area contributed by atoms with E-state index < -0.39 is 0 Å². The maximum atomic E-state index is 11.6. The lowest BCUT2D eigenvalue weighted by Gasteiger charge is -2.34. The Balaban J connectivity index is 1.22. The number of piperidine rings is 1. The maximum Gasteiger partial charge on any atom is 0.224 e. The van der Waals surface area contributed by atoms with Crippen LogP contribution in [0.1, 0.15) is 25.3 Å². The van der Waals surface area contributed by atoms with E-state index in [0.717, 1.165) is 59.6 Å². The van der Waals surface area contributed by atoms with E-state index in [1.54, 1.807) is 36.4 Å². The molecule has 0 radical (unpaired) electrons. The van der Waals surface area contributed by atoms with Crippen molar-refractivity contribution in [3.63, 3.8) is 0 Å². The summed E-state index contributed by atoms with van der Waals surface area (Å²) in [5.41, 5.74) is 4.42. The minimum Gasteiger partial charge on any atom is -0.439 e. The zero-order chi connectivity index (χ0) is 26.1. The highest BCUT2D eigenvalue weighted by atomic mass is 16.5. The summed E-state index contributed by atoms with van der Waals surface area (Å²) in [6, 6.07) is 14.0. The van der Waals surface area contributed by atoms with Gasteiger partial charge in [0.15, 0.2) is 5.65 Å². The molecule has 5 aromatic rings. The van der Waals surface area contributed by atoms with Gasteiger partial charge in [-0.15, -0.1) is 10.2 Å². The highest BCUT2D eigenvalue weighted by molar-refractivity contribution is 5.93. The summed E-state index contributed by atoms with van der Waals surface area (Å²) in [5.74, 6) is 1.87. The molecule has 0 spiro atoms. The van der Waals surface area contributed by atoms with Crippen LogP contribution in [0.4, 0.5) is 17.2 Å². The molecule has 1 fully saturated rings. The van der Waals surface area contributed by atoms with Crippen LogP contribution in [0.25, 0.3) is 16.6 Å². The van der Waals surface area contributed by atoms with Gasteiger partial charge in [0, 0.05) is 48.9 Å². The molecule has 4 heterocycles. The number of carbonyl (C=O) groups excluding carboxylic acids is 1. The van der Waals surface area contributed by atoms with E-state index in [-0.39, 0.29) is 11.9 Å². The quantitative estimate of drug-likeness (QED) is 0.349. The fraction of sp³-hybridized carbons (Fsp3) is 0.259. The maximum absolute atomic E-state index is 11.6. The summed E-state index contributed by atoms with van der Waals surface area (Å²) < 4.78 is 7.72. The second-order valence-electron chi connectivity index (χ2n) is 9.44. The third kappa shape index (κ3) is 4.90. The van der Waals surface area contributed by atoms with E-state index >= 15 is 0 Å². The Hall–Kier alpha value is -4.80. The molecule has 3 aromatic heterocycles. The van der Waals surface area contributed by atoms with Crippen LogP contribution in [-0.4, -0.2) is 54.6 Å². The molecule has 1 amide bonds. The molecule has 11 nitrogen and oxygen atoms in total. The van der Waals surface area contributed by atoms with Crippen molar-refractivity contribution in [3.05, 3.63) is 67.0 Å². The van der Waals surface area contributed by atoms with Gasteiger partial charge in [-0.3, -0.25) is 9.20 Å². The van der Waals surface area contributed by atoms with Gasteiger partial charge < -0.3 is 20.3 Å². The largest absolute Gasteiger partial charge is 0.439 e. The summed E-state index contributed by atoms with van der Waals surface area (Å²) in [4.78, 5) is 27.2. The Labute approximate surface area is 218 Å². The van der Waals surface area contributed by atoms with Gasteiger partial charge in [0.05, 0.1) is 5.52 Å². The number of nitrogens with zero attached hydrogens (tertiary/aromatic N) is 7. The Morgan fingerprint density at radius 1 is 1.08 bits per heavy atom. The summed E-state index contributed by atoms with van der Waals surface area (Å²) in [6.45, 7) is 5.27. The third-order valence-electron chi connectivity index (χ3n) is 6.63.